The number of nitrogens with one attached hydrogen (secondary N) is 1. The molecule has 1 aromatic carbocycles. The monoisotopic (exact) mass is 324 g/mol. The fourth-order valence-corrected chi connectivity index (χ4v) is 2.92. The fourth-order valence-electron chi connectivity index (χ4n) is 2.54. The Labute approximate surface area is 123 Å². The first-order valence-electron chi connectivity index (χ1n) is 6.82. The van der Waals surface area contributed by atoms with Crippen molar-refractivity contribution >= 4 is 21.8 Å². The summed E-state index contributed by atoms with van der Waals surface area (Å²) in [5.74, 6) is 0.863. The lowest BCUT2D eigenvalue weighted by Gasteiger charge is -2.32. The van der Waals surface area contributed by atoms with Crippen molar-refractivity contribution in [3.63, 3.8) is 0 Å². The molecule has 1 aromatic rings. The molecule has 104 valence electrons. The summed E-state index contributed by atoms with van der Waals surface area (Å²) >= 11 is 3.49. The van der Waals surface area contributed by atoms with Crippen LogP contribution in [-0.2, 0) is 0 Å². The van der Waals surface area contributed by atoms with Gasteiger partial charge in [0.25, 0.3) is 5.91 Å². The largest absolute Gasteiger partial charge is 0.339 e. The second-order valence-electron chi connectivity index (χ2n) is 5.26. The van der Waals surface area contributed by atoms with Gasteiger partial charge in [-0.25, -0.2) is 0 Å². The quantitative estimate of drug-likeness (QED) is 0.927. The maximum atomic E-state index is 12.4. The van der Waals surface area contributed by atoms with E-state index in [1.54, 1.807) is 0 Å². The summed E-state index contributed by atoms with van der Waals surface area (Å²) in [5.41, 5.74) is 1.94. The van der Waals surface area contributed by atoms with Crippen LogP contribution < -0.4 is 5.32 Å². The van der Waals surface area contributed by atoms with E-state index in [1.165, 1.54) is 0 Å². The molecule has 0 radical (unpaired) electrons. The number of halogens is 1. The van der Waals surface area contributed by atoms with Gasteiger partial charge in [-0.05, 0) is 57.0 Å². The molecule has 0 aliphatic carbocycles. The second kappa shape index (κ2) is 6.53. The lowest BCUT2D eigenvalue weighted by molar-refractivity contribution is 0.0691. The van der Waals surface area contributed by atoms with Crippen molar-refractivity contribution in [2.45, 2.75) is 19.8 Å². The number of amides is 1. The summed E-state index contributed by atoms with van der Waals surface area (Å²) in [5, 5.41) is 3.22. The van der Waals surface area contributed by atoms with E-state index in [9.17, 15) is 4.79 Å². The van der Waals surface area contributed by atoms with Crippen LogP contribution in [0.2, 0.25) is 0 Å². The minimum Gasteiger partial charge on any atom is -0.339 e. The van der Waals surface area contributed by atoms with Gasteiger partial charge >= 0.3 is 0 Å². The van der Waals surface area contributed by atoms with Crippen molar-refractivity contribution < 1.29 is 4.79 Å². The number of rotatable bonds is 3. The molecule has 0 saturated carbocycles. The van der Waals surface area contributed by atoms with Crippen molar-refractivity contribution in [2.24, 2.45) is 5.92 Å². The number of piperidine rings is 1. The molecular formula is C15H21BrN2O. The summed E-state index contributed by atoms with van der Waals surface area (Å²) in [6.45, 7) is 4.83. The van der Waals surface area contributed by atoms with Crippen molar-refractivity contribution in [1.82, 2.24) is 10.2 Å². The van der Waals surface area contributed by atoms with Gasteiger partial charge < -0.3 is 10.2 Å². The molecule has 0 atom stereocenters. The van der Waals surface area contributed by atoms with E-state index in [4.69, 9.17) is 0 Å². The highest BCUT2D eigenvalue weighted by Crippen LogP contribution is 2.21. The van der Waals surface area contributed by atoms with Crippen LogP contribution in [0.15, 0.2) is 22.7 Å². The third-order valence-electron chi connectivity index (χ3n) is 3.81. The summed E-state index contributed by atoms with van der Waals surface area (Å²) in [6.07, 6.45) is 2.19. The molecule has 2 rings (SSSR count). The normalized spacial score (nSPS) is 16.7. The lowest BCUT2D eigenvalue weighted by Crippen LogP contribution is -2.40. The van der Waals surface area contributed by atoms with E-state index >= 15 is 0 Å². The van der Waals surface area contributed by atoms with Crippen LogP contribution >= 0.6 is 15.9 Å². The smallest absolute Gasteiger partial charge is 0.253 e. The van der Waals surface area contributed by atoms with Gasteiger partial charge in [-0.1, -0.05) is 22.0 Å². The number of hydrogen-bond acceptors (Lipinski definition) is 2. The van der Waals surface area contributed by atoms with Crippen LogP contribution in [0.1, 0.15) is 28.8 Å². The van der Waals surface area contributed by atoms with E-state index in [0.29, 0.717) is 5.92 Å². The molecule has 0 bridgehead atoms. The number of nitrogens with zero attached hydrogens (tertiary/aromatic N) is 1. The average molecular weight is 325 g/mol. The van der Waals surface area contributed by atoms with E-state index in [2.05, 4.69) is 21.2 Å². The summed E-state index contributed by atoms with van der Waals surface area (Å²) in [4.78, 5) is 14.4. The molecule has 1 amide bonds. The molecule has 0 aromatic heterocycles. The molecule has 1 heterocycles. The van der Waals surface area contributed by atoms with Gasteiger partial charge in [0.1, 0.15) is 0 Å². The SMILES string of the molecule is CNCC1CCN(C(=O)c2ccc(C)c(Br)c2)CC1. The first kappa shape index (κ1) is 14.5. The van der Waals surface area contributed by atoms with E-state index in [1.807, 2.05) is 37.1 Å². The van der Waals surface area contributed by atoms with Gasteiger partial charge in [0.05, 0.1) is 0 Å². The fraction of sp³-hybridized carbons (Fsp3) is 0.533. The summed E-state index contributed by atoms with van der Waals surface area (Å²) in [7, 11) is 1.99. The number of carbonyl (C=O) groups excluding carboxylic acids is 1. The molecule has 1 N–H and O–H groups in total. The molecule has 1 aliphatic rings. The number of carbonyl (C=O) groups is 1. The van der Waals surface area contributed by atoms with Gasteiger partial charge in [0.2, 0.25) is 0 Å². The Balaban J connectivity index is 1.99. The van der Waals surface area contributed by atoms with Gasteiger partial charge in [-0.2, -0.15) is 0 Å². The van der Waals surface area contributed by atoms with Crippen LogP contribution in [0, 0.1) is 12.8 Å². The van der Waals surface area contributed by atoms with Crippen LogP contribution in [-0.4, -0.2) is 37.5 Å². The zero-order valence-corrected chi connectivity index (χ0v) is 13.2. The van der Waals surface area contributed by atoms with Crippen LogP contribution in [0.4, 0.5) is 0 Å². The number of likely N-dealkylation sites (tertiary alicyclic amines) is 1. The highest BCUT2D eigenvalue weighted by atomic mass is 79.9. The lowest BCUT2D eigenvalue weighted by atomic mass is 9.96. The van der Waals surface area contributed by atoms with Crippen molar-refractivity contribution in [2.75, 3.05) is 26.7 Å². The van der Waals surface area contributed by atoms with E-state index < -0.39 is 0 Å². The standard InChI is InChI=1S/C15H21BrN2O/c1-11-3-4-13(9-14(11)16)15(19)18-7-5-12(6-8-18)10-17-2/h3-4,9,12,17H,5-8,10H2,1-2H3. The van der Waals surface area contributed by atoms with Crippen molar-refractivity contribution in [3.05, 3.63) is 33.8 Å². The molecule has 19 heavy (non-hydrogen) atoms. The van der Waals surface area contributed by atoms with Gasteiger partial charge in [-0.3, -0.25) is 4.79 Å². The Bertz CT molecular complexity index is 453. The average Bonchev–Trinajstić information content (AvgIpc) is 2.42. The minimum atomic E-state index is 0.156. The molecule has 1 saturated heterocycles. The van der Waals surface area contributed by atoms with Crippen LogP contribution in [0.5, 0.6) is 0 Å². The molecule has 1 fully saturated rings. The maximum absolute atomic E-state index is 12.4. The number of aryl methyl sites for hydroxylation is 1. The Hall–Kier alpha value is -0.870. The molecule has 4 heteroatoms. The first-order chi connectivity index (χ1) is 9.11. The van der Waals surface area contributed by atoms with Crippen molar-refractivity contribution in [1.29, 1.82) is 0 Å². The number of hydrogen-bond donors (Lipinski definition) is 1. The predicted molar refractivity (Wildman–Crippen MR) is 81.4 cm³/mol. The van der Waals surface area contributed by atoms with Gasteiger partial charge in [0.15, 0.2) is 0 Å². The van der Waals surface area contributed by atoms with Crippen LogP contribution in [0.3, 0.4) is 0 Å². The molecule has 0 spiro atoms. The van der Waals surface area contributed by atoms with Gasteiger partial charge in [-0.15, -0.1) is 0 Å². The third kappa shape index (κ3) is 3.57. The Kier molecular flexibility index (Phi) is 4.99. The molecule has 0 unspecified atom stereocenters. The zero-order chi connectivity index (χ0) is 13.8. The highest BCUT2D eigenvalue weighted by molar-refractivity contribution is 9.10. The molecule has 3 nitrogen and oxygen atoms in total. The molecule has 1 aliphatic heterocycles. The van der Waals surface area contributed by atoms with Crippen molar-refractivity contribution in [3.8, 4) is 0 Å². The Morgan fingerprint density at radius 3 is 2.68 bits per heavy atom. The highest BCUT2D eigenvalue weighted by Gasteiger charge is 2.23. The maximum Gasteiger partial charge on any atom is 0.253 e. The second-order valence-corrected chi connectivity index (χ2v) is 6.11. The predicted octanol–water partition coefficient (Wildman–Crippen LogP) is 2.83. The van der Waals surface area contributed by atoms with Gasteiger partial charge in [0, 0.05) is 23.1 Å². The zero-order valence-electron chi connectivity index (χ0n) is 11.6. The summed E-state index contributed by atoms with van der Waals surface area (Å²) < 4.78 is 1.00. The first-order valence-corrected chi connectivity index (χ1v) is 7.61. The Morgan fingerprint density at radius 1 is 1.42 bits per heavy atom. The number of benzene rings is 1. The minimum absolute atomic E-state index is 0.156. The van der Waals surface area contributed by atoms with E-state index in [-0.39, 0.29) is 5.91 Å². The van der Waals surface area contributed by atoms with E-state index in [0.717, 1.165) is 48.1 Å². The topological polar surface area (TPSA) is 32.3 Å². The third-order valence-corrected chi connectivity index (χ3v) is 4.67. The molecular weight excluding hydrogens is 304 g/mol. The Morgan fingerprint density at radius 2 is 2.11 bits per heavy atom. The summed E-state index contributed by atoms with van der Waals surface area (Å²) in [6, 6.07) is 5.84. The van der Waals surface area contributed by atoms with Crippen LogP contribution in [0.25, 0.3) is 0 Å².